The van der Waals surface area contributed by atoms with Crippen LogP contribution in [0.15, 0.2) is 48.5 Å². The highest BCUT2D eigenvalue weighted by molar-refractivity contribution is 6.30. The van der Waals surface area contributed by atoms with E-state index in [1.807, 2.05) is 6.07 Å². The van der Waals surface area contributed by atoms with Gasteiger partial charge in [-0.2, -0.15) is 0 Å². The molecule has 0 spiro atoms. The van der Waals surface area contributed by atoms with Gasteiger partial charge in [0.05, 0.1) is 5.56 Å². The number of ether oxygens (including phenoxy) is 1. The minimum atomic E-state index is -0.592. The van der Waals surface area contributed by atoms with E-state index in [1.165, 1.54) is 0 Å². The molecule has 1 aliphatic rings. The van der Waals surface area contributed by atoms with E-state index in [9.17, 15) is 14.4 Å². The van der Waals surface area contributed by atoms with E-state index in [4.69, 9.17) is 16.3 Å². The molecule has 0 saturated carbocycles. The Bertz CT molecular complexity index is 869. The van der Waals surface area contributed by atoms with Crippen molar-refractivity contribution >= 4 is 35.1 Å². The average Bonchev–Trinajstić information content (AvgIpc) is 3.04. The Balaban J connectivity index is 1.53. The summed E-state index contributed by atoms with van der Waals surface area (Å²) in [6.45, 7) is 0.798. The van der Waals surface area contributed by atoms with Crippen molar-refractivity contribution in [3.05, 3.63) is 64.7 Å². The zero-order valence-corrected chi connectivity index (χ0v) is 15.4. The zero-order chi connectivity index (χ0) is 19.2. The molecule has 0 aliphatic carbocycles. The van der Waals surface area contributed by atoms with Crippen molar-refractivity contribution < 1.29 is 19.1 Å². The number of esters is 1. The van der Waals surface area contributed by atoms with Crippen molar-refractivity contribution in [1.29, 1.82) is 0 Å². The number of benzene rings is 2. The highest BCUT2D eigenvalue weighted by Gasteiger charge is 2.20. The lowest BCUT2D eigenvalue weighted by atomic mass is 10.1. The van der Waals surface area contributed by atoms with E-state index in [2.05, 4.69) is 5.32 Å². The van der Waals surface area contributed by atoms with Gasteiger partial charge in [-0.1, -0.05) is 29.8 Å². The SMILES string of the molecule is O=C(COC(=O)c1cccc(CN2CCCC2=O)c1)Nc1cccc(Cl)c1. The van der Waals surface area contributed by atoms with Gasteiger partial charge in [-0.3, -0.25) is 9.59 Å². The minimum Gasteiger partial charge on any atom is -0.452 e. The highest BCUT2D eigenvalue weighted by atomic mass is 35.5. The smallest absolute Gasteiger partial charge is 0.338 e. The second kappa shape index (κ2) is 8.68. The molecular weight excluding hydrogens is 368 g/mol. The highest BCUT2D eigenvalue weighted by Crippen LogP contribution is 2.16. The summed E-state index contributed by atoms with van der Waals surface area (Å²) in [5.41, 5.74) is 1.72. The van der Waals surface area contributed by atoms with Crippen molar-refractivity contribution in [2.24, 2.45) is 0 Å². The largest absolute Gasteiger partial charge is 0.452 e. The normalized spacial score (nSPS) is 13.5. The number of anilines is 1. The molecule has 3 rings (SSSR count). The van der Waals surface area contributed by atoms with Gasteiger partial charge in [0.1, 0.15) is 0 Å². The van der Waals surface area contributed by atoms with E-state index >= 15 is 0 Å². The molecule has 0 aromatic heterocycles. The van der Waals surface area contributed by atoms with Crippen LogP contribution in [0.25, 0.3) is 0 Å². The first-order chi connectivity index (χ1) is 13.0. The third-order valence-corrected chi connectivity index (χ3v) is 4.39. The number of nitrogens with one attached hydrogen (secondary N) is 1. The third-order valence-electron chi connectivity index (χ3n) is 4.15. The molecule has 6 nitrogen and oxygen atoms in total. The predicted molar refractivity (Wildman–Crippen MR) is 101 cm³/mol. The molecule has 0 bridgehead atoms. The molecule has 27 heavy (non-hydrogen) atoms. The van der Waals surface area contributed by atoms with Crippen molar-refractivity contribution in [3.8, 4) is 0 Å². The Morgan fingerprint density at radius 2 is 1.96 bits per heavy atom. The van der Waals surface area contributed by atoms with Crippen molar-refractivity contribution in [3.63, 3.8) is 0 Å². The van der Waals surface area contributed by atoms with Crippen LogP contribution in [-0.4, -0.2) is 35.8 Å². The third kappa shape index (κ3) is 5.31. The molecule has 1 N–H and O–H groups in total. The Morgan fingerprint density at radius 1 is 1.15 bits per heavy atom. The number of carbonyl (C=O) groups is 3. The molecule has 2 amide bonds. The monoisotopic (exact) mass is 386 g/mol. The quantitative estimate of drug-likeness (QED) is 0.773. The Morgan fingerprint density at radius 3 is 2.70 bits per heavy atom. The van der Waals surface area contributed by atoms with E-state index in [0.717, 1.165) is 18.5 Å². The number of hydrogen-bond donors (Lipinski definition) is 1. The molecule has 0 radical (unpaired) electrons. The fraction of sp³-hybridized carbons (Fsp3) is 0.250. The standard InChI is InChI=1S/C20H19ClN2O4/c21-16-6-2-7-17(11-16)22-18(24)13-27-20(26)15-5-1-4-14(10-15)12-23-9-3-8-19(23)25/h1-2,4-7,10-11H,3,8-9,12-13H2,(H,22,24). The summed E-state index contributed by atoms with van der Waals surface area (Å²) in [6, 6.07) is 13.6. The number of carbonyl (C=O) groups excluding carboxylic acids is 3. The fourth-order valence-electron chi connectivity index (χ4n) is 2.87. The van der Waals surface area contributed by atoms with Crippen molar-refractivity contribution in [2.75, 3.05) is 18.5 Å². The molecule has 140 valence electrons. The maximum absolute atomic E-state index is 12.2. The Labute approximate surface area is 162 Å². The topological polar surface area (TPSA) is 75.7 Å². The summed E-state index contributed by atoms with van der Waals surface area (Å²) in [6.07, 6.45) is 1.44. The molecular formula is C20H19ClN2O4. The first-order valence-electron chi connectivity index (χ1n) is 8.60. The molecule has 0 unspecified atom stereocenters. The summed E-state index contributed by atoms with van der Waals surface area (Å²) < 4.78 is 5.07. The van der Waals surface area contributed by atoms with Gasteiger partial charge < -0.3 is 15.0 Å². The lowest BCUT2D eigenvalue weighted by Crippen LogP contribution is -2.24. The summed E-state index contributed by atoms with van der Waals surface area (Å²) >= 11 is 5.86. The maximum Gasteiger partial charge on any atom is 0.338 e. The van der Waals surface area contributed by atoms with Gasteiger partial charge >= 0.3 is 5.97 Å². The van der Waals surface area contributed by atoms with E-state index < -0.39 is 18.5 Å². The number of hydrogen-bond acceptors (Lipinski definition) is 4. The first kappa shape index (κ1) is 18.9. The van der Waals surface area contributed by atoms with E-state index in [0.29, 0.717) is 29.2 Å². The molecule has 1 aliphatic heterocycles. The van der Waals surface area contributed by atoms with Crippen LogP contribution in [0.5, 0.6) is 0 Å². The number of amides is 2. The van der Waals surface area contributed by atoms with Crippen molar-refractivity contribution in [1.82, 2.24) is 4.90 Å². The number of halogens is 1. The lowest BCUT2D eigenvalue weighted by Gasteiger charge is -2.15. The minimum absolute atomic E-state index is 0.126. The van der Waals surface area contributed by atoms with Crippen LogP contribution < -0.4 is 5.32 Å². The Hall–Kier alpha value is -2.86. The van der Waals surface area contributed by atoms with Crippen LogP contribution in [0.3, 0.4) is 0 Å². The molecule has 2 aromatic rings. The van der Waals surface area contributed by atoms with Gasteiger partial charge in [-0.05, 0) is 42.3 Å². The van der Waals surface area contributed by atoms with Gasteiger partial charge in [0.15, 0.2) is 6.61 Å². The second-order valence-corrected chi connectivity index (χ2v) is 6.69. The second-order valence-electron chi connectivity index (χ2n) is 6.25. The number of rotatable bonds is 6. The summed E-state index contributed by atoms with van der Waals surface area (Å²) in [5, 5.41) is 3.11. The Kier molecular flexibility index (Phi) is 6.08. The van der Waals surface area contributed by atoms with Gasteiger partial charge in [0.25, 0.3) is 5.91 Å². The number of nitrogens with zero attached hydrogens (tertiary/aromatic N) is 1. The van der Waals surface area contributed by atoms with Gasteiger partial charge in [0.2, 0.25) is 5.91 Å². The van der Waals surface area contributed by atoms with Crippen LogP contribution in [0.2, 0.25) is 5.02 Å². The van der Waals surface area contributed by atoms with Crippen LogP contribution in [0, 0.1) is 0 Å². The molecule has 1 heterocycles. The maximum atomic E-state index is 12.2. The fourth-order valence-corrected chi connectivity index (χ4v) is 3.06. The van der Waals surface area contributed by atoms with Gasteiger partial charge in [-0.15, -0.1) is 0 Å². The predicted octanol–water partition coefficient (Wildman–Crippen LogP) is 3.26. The van der Waals surface area contributed by atoms with Crippen LogP contribution in [0.1, 0.15) is 28.8 Å². The molecule has 2 aromatic carbocycles. The number of likely N-dealkylation sites (tertiary alicyclic amines) is 1. The lowest BCUT2D eigenvalue weighted by molar-refractivity contribution is -0.128. The summed E-state index contributed by atoms with van der Waals surface area (Å²) in [5.74, 6) is -0.920. The zero-order valence-electron chi connectivity index (χ0n) is 14.6. The summed E-state index contributed by atoms with van der Waals surface area (Å²) in [4.78, 5) is 37.6. The average molecular weight is 387 g/mol. The summed E-state index contributed by atoms with van der Waals surface area (Å²) in [7, 11) is 0. The van der Waals surface area contributed by atoms with Crippen LogP contribution in [0.4, 0.5) is 5.69 Å². The van der Waals surface area contributed by atoms with Crippen LogP contribution >= 0.6 is 11.6 Å². The van der Waals surface area contributed by atoms with Crippen molar-refractivity contribution in [2.45, 2.75) is 19.4 Å². The molecule has 1 saturated heterocycles. The molecule has 0 atom stereocenters. The van der Waals surface area contributed by atoms with E-state index in [1.54, 1.807) is 47.4 Å². The molecule has 7 heteroatoms. The first-order valence-corrected chi connectivity index (χ1v) is 8.98. The molecule has 1 fully saturated rings. The van der Waals surface area contributed by atoms with Gasteiger partial charge in [-0.25, -0.2) is 4.79 Å². The van der Waals surface area contributed by atoms with Gasteiger partial charge in [0, 0.05) is 30.2 Å². The van der Waals surface area contributed by atoms with Crippen LogP contribution in [-0.2, 0) is 20.9 Å². The van der Waals surface area contributed by atoms with E-state index in [-0.39, 0.29) is 5.91 Å².